The molecule has 0 aliphatic heterocycles. The maximum atomic E-state index is 6.22. The number of hydrogen-bond donors (Lipinski definition) is 2. The second-order valence-corrected chi connectivity index (χ2v) is 5.45. The van der Waals surface area contributed by atoms with Gasteiger partial charge in [-0.1, -0.05) is 52.7 Å². The van der Waals surface area contributed by atoms with Gasteiger partial charge in [0.05, 0.1) is 11.4 Å². The molecule has 0 radical (unpaired) electrons. The van der Waals surface area contributed by atoms with Gasteiger partial charge in [-0.15, -0.1) is 0 Å². The predicted octanol–water partition coefficient (Wildman–Crippen LogP) is 4.66. The molecule has 1 aromatic rings. The molecule has 0 fully saturated rings. The molecule has 0 aromatic heterocycles. The number of anilines is 2. The minimum Gasteiger partial charge on any atom is -0.397 e. The highest BCUT2D eigenvalue weighted by Crippen LogP contribution is 2.36. The summed E-state index contributed by atoms with van der Waals surface area (Å²) >= 11 is 0. The van der Waals surface area contributed by atoms with Crippen molar-refractivity contribution < 1.29 is 0 Å². The number of benzene rings is 1. The van der Waals surface area contributed by atoms with Crippen molar-refractivity contribution in [1.29, 1.82) is 0 Å². The molecule has 102 valence electrons. The SMILES string of the molecule is CCC[C@H](C)c1ccc([C@@H](C)CCC)c(N)c1N. The summed E-state index contributed by atoms with van der Waals surface area (Å²) in [6.07, 6.45) is 4.67. The molecule has 18 heavy (non-hydrogen) atoms. The van der Waals surface area contributed by atoms with Crippen molar-refractivity contribution in [3.8, 4) is 0 Å². The highest BCUT2D eigenvalue weighted by Gasteiger charge is 2.15. The fraction of sp³-hybridized carbons (Fsp3) is 0.625. The Labute approximate surface area is 112 Å². The lowest BCUT2D eigenvalue weighted by molar-refractivity contribution is 0.658. The van der Waals surface area contributed by atoms with Crippen LogP contribution in [0, 0.1) is 0 Å². The summed E-state index contributed by atoms with van der Waals surface area (Å²) in [5.41, 5.74) is 16.5. The van der Waals surface area contributed by atoms with Gasteiger partial charge in [0.25, 0.3) is 0 Å². The first-order valence-electron chi connectivity index (χ1n) is 7.20. The summed E-state index contributed by atoms with van der Waals surface area (Å²) < 4.78 is 0. The minimum absolute atomic E-state index is 0.493. The van der Waals surface area contributed by atoms with Gasteiger partial charge in [-0.05, 0) is 35.8 Å². The molecule has 0 bridgehead atoms. The molecule has 2 heteroatoms. The lowest BCUT2D eigenvalue weighted by Gasteiger charge is -2.20. The molecule has 2 nitrogen and oxygen atoms in total. The van der Waals surface area contributed by atoms with Crippen molar-refractivity contribution in [2.45, 2.75) is 65.2 Å². The Kier molecular flexibility index (Phi) is 5.52. The summed E-state index contributed by atoms with van der Waals surface area (Å²) in [7, 11) is 0. The summed E-state index contributed by atoms with van der Waals surface area (Å²) in [5, 5.41) is 0. The van der Waals surface area contributed by atoms with Gasteiger partial charge >= 0.3 is 0 Å². The van der Waals surface area contributed by atoms with Crippen molar-refractivity contribution in [3.63, 3.8) is 0 Å². The molecular weight excluding hydrogens is 220 g/mol. The van der Waals surface area contributed by atoms with E-state index in [1.165, 1.54) is 24.0 Å². The van der Waals surface area contributed by atoms with Crippen LogP contribution < -0.4 is 11.5 Å². The van der Waals surface area contributed by atoms with E-state index >= 15 is 0 Å². The average molecular weight is 248 g/mol. The Hall–Kier alpha value is -1.18. The van der Waals surface area contributed by atoms with Crippen LogP contribution in [0.15, 0.2) is 12.1 Å². The Morgan fingerprint density at radius 1 is 0.833 bits per heavy atom. The molecule has 0 heterocycles. The zero-order valence-electron chi connectivity index (χ0n) is 12.3. The fourth-order valence-corrected chi connectivity index (χ4v) is 2.71. The first kappa shape index (κ1) is 14.9. The number of nitrogen functional groups attached to an aromatic ring is 2. The predicted molar refractivity (Wildman–Crippen MR) is 81.9 cm³/mol. The topological polar surface area (TPSA) is 52.0 Å². The van der Waals surface area contributed by atoms with Gasteiger partial charge < -0.3 is 11.5 Å². The summed E-state index contributed by atoms with van der Waals surface area (Å²) in [6.45, 7) is 8.86. The lowest BCUT2D eigenvalue weighted by atomic mass is 9.88. The highest BCUT2D eigenvalue weighted by atomic mass is 14.7. The monoisotopic (exact) mass is 248 g/mol. The highest BCUT2D eigenvalue weighted by molar-refractivity contribution is 5.72. The maximum absolute atomic E-state index is 6.22. The van der Waals surface area contributed by atoms with Crippen LogP contribution in [-0.4, -0.2) is 0 Å². The number of rotatable bonds is 6. The molecular formula is C16H28N2. The molecule has 0 amide bonds. The van der Waals surface area contributed by atoms with E-state index < -0.39 is 0 Å². The van der Waals surface area contributed by atoms with E-state index in [0.29, 0.717) is 11.8 Å². The first-order valence-corrected chi connectivity index (χ1v) is 7.20. The van der Waals surface area contributed by atoms with E-state index in [0.717, 1.165) is 24.2 Å². The van der Waals surface area contributed by atoms with Gasteiger partial charge in [0, 0.05) is 0 Å². The van der Waals surface area contributed by atoms with Gasteiger partial charge in [0.1, 0.15) is 0 Å². The second-order valence-electron chi connectivity index (χ2n) is 5.45. The van der Waals surface area contributed by atoms with Gasteiger partial charge in [0.15, 0.2) is 0 Å². The molecule has 0 spiro atoms. The third-order valence-electron chi connectivity index (χ3n) is 3.86. The van der Waals surface area contributed by atoms with Crippen LogP contribution in [0.5, 0.6) is 0 Å². The third-order valence-corrected chi connectivity index (χ3v) is 3.86. The van der Waals surface area contributed by atoms with Crippen molar-refractivity contribution >= 4 is 11.4 Å². The maximum Gasteiger partial charge on any atom is 0.0586 e. The zero-order valence-corrected chi connectivity index (χ0v) is 12.3. The molecule has 4 N–H and O–H groups in total. The minimum atomic E-state index is 0.493. The Morgan fingerprint density at radius 3 is 1.44 bits per heavy atom. The van der Waals surface area contributed by atoms with E-state index in [4.69, 9.17) is 11.5 Å². The average Bonchev–Trinajstić information content (AvgIpc) is 2.33. The van der Waals surface area contributed by atoms with Crippen LogP contribution in [0.2, 0.25) is 0 Å². The molecule has 0 unspecified atom stereocenters. The molecule has 0 aliphatic rings. The van der Waals surface area contributed by atoms with Crippen molar-refractivity contribution in [2.75, 3.05) is 11.5 Å². The first-order chi connectivity index (χ1) is 8.52. The largest absolute Gasteiger partial charge is 0.397 e. The van der Waals surface area contributed by atoms with Crippen molar-refractivity contribution in [1.82, 2.24) is 0 Å². The lowest BCUT2D eigenvalue weighted by Crippen LogP contribution is -2.08. The van der Waals surface area contributed by atoms with Crippen molar-refractivity contribution in [2.24, 2.45) is 0 Å². The van der Waals surface area contributed by atoms with E-state index in [2.05, 4.69) is 39.8 Å². The fourth-order valence-electron chi connectivity index (χ4n) is 2.71. The van der Waals surface area contributed by atoms with Gasteiger partial charge in [-0.2, -0.15) is 0 Å². The van der Waals surface area contributed by atoms with Crippen LogP contribution in [-0.2, 0) is 0 Å². The van der Waals surface area contributed by atoms with E-state index in [1.54, 1.807) is 0 Å². The Morgan fingerprint density at radius 2 is 1.17 bits per heavy atom. The van der Waals surface area contributed by atoms with E-state index in [1.807, 2.05) is 0 Å². The van der Waals surface area contributed by atoms with Gasteiger partial charge in [0.2, 0.25) is 0 Å². The quantitative estimate of drug-likeness (QED) is 0.719. The molecule has 0 saturated carbocycles. The standard InChI is InChI=1S/C16H28N2/c1-5-7-11(3)13-9-10-14(12(4)8-6-2)16(18)15(13)17/h9-12H,5-8,17-18H2,1-4H3/t11-,12-/m0/s1. The van der Waals surface area contributed by atoms with Crippen LogP contribution >= 0.6 is 0 Å². The van der Waals surface area contributed by atoms with Crippen molar-refractivity contribution in [3.05, 3.63) is 23.3 Å². The Balaban J connectivity index is 3.04. The van der Waals surface area contributed by atoms with Crippen LogP contribution in [0.25, 0.3) is 0 Å². The van der Waals surface area contributed by atoms with Crippen LogP contribution in [0.3, 0.4) is 0 Å². The second kappa shape index (κ2) is 6.67. The normalized spacial score (nSPS) is 14.4. The summed E-state index contributed by atoms with van der Waals surface area (Å²) in [6, 6.07) is 4.35. The van der Waals surface area contributed by atoms with E-state index in [-0.39, 0.29) is 0 Å². The summed E-state index contributed by atoms with van der Waals surface area (Å²) in [4.78, 5) is 0. The number of nitrogens with two attached hydrogens (primary N) is 2. The molecule has 0 saturated heterocycles. The third kappa shape index (κ3) is 3.18. The summed E-state index contributed by atoms with van der Waals surface area (Å²) in [5.74, 6) is 0.987. The van der Waals surface area contributed by atoms with Crippen LogP contribution in [0.4, 0.5) is 11.4 Å². The van der Waals surface area contributed by atoms with Gasteiger partial charge in [-0.3, -0.25) is 0 Å². The molecule has 2 atom stereocenters. The number of hydrogen-bond acceptors (Lipinski definition) is 2. The van der Waals surface area contributed by atoms with Crippen LogP contribution in [0.1, 0.15) is 76.3 Å². The van der Waals surface area contributed by atoms with E-state index in [9.17, 15) is 0 Å². The Bertz CT molecular complexity index is 348. The smallest absolute Gasteiger partial charge is 0.0586 e. The van der Waals surface area contributed by atoms with Gasteiger partial charge in [-0.25, -0.2) is 0 Å². The zero-order chi connectivity index (χ0) is 13.7. The molecule has 0 aliphatic carbocycles. The molecule has 1 rings (SSSR count). The molecule has 1 aromatic carbocycles.